The van der Waals surface area contributed by atoms with Gasteiger partial charge in [0.15, 0.2) is 0 Å². The topological polar surface area (TPSA) is 35.5 Å². The van der Waals surface area contributed by atoms with Gasteiger partial charge >= 0.3 is 5.97 Å². The van der Waals surface area contributed by atoms with Gasteiger partial charge in [0.2, 0.25) is 0 Å². The number of esters is 1. The second-order valence-electron chi connectivity index (χ2n) is 3.39. The first-order valence-electron chi connectivity index (χ1n) is 5.27. The lowest BCUT2D eigenvalue weighted by Gasteiger charge is -2.07. The Morgan fingerprint density at radius 3 is 2.65 bits per heavy atom. The first-order valence-corrected chi connectivity index (χ1v) is 5.27. The lowest BCUT2D eigenvalue weighted by molar-refractivity contribution is 0.0325. The zero-order chi connectivity index (χ0) is 12.8. The number of carbonyl (C=O) groups is 1. The van der Waals surface area contributed by atoms with Crippen LogP contribution in [-0.4, -0.2) is 25.8 Å². The summed E-state index contributed by atoms with van der Waals surface area (Å²) in [5.74, 6) is -2.82. The number of hydrogen-bond donors (Lipinski definition) is 0. The normalized spacial score (nSPS) is 10.4. The van der Waals surface area contributed by atoms with Crippen molar-refractivity contribution in [3.63, 3.8) is 0 Å². The Labute approximate surface area is 98.3 Å². The molecule has 0 spiro atoms. The summed E-state index contributed by atoms with van der Waals surface area (Å²) in [6, 6.07) is 2.30. The molecule has 0 bridgehead atoms. The van der Waals surface area contributed by atoms with Crippen molar-refractivity contribution in [1.29, 1.82) is 0 Å². The van der Waals surface area contributed by atoms with E-state index in [2.05, 4.69) is 0 Å². The van der Waals surface area contributed by atoms with Crippen LogP contribution in [0.3, 0.4) is 0 Å². The zero-order valence-electron chi connectivity index (χ0n) is 9.76. The molecule has 0 aliphatic carbocycles. The first-order chi connectivity index (χ1) is 8.07. The molecule has 1 aromatic carbocycles. The predicted molar refractivity (Wildman–Crippen MR) is 57.9 cm³/mol. The molecule has 3 nitrogen and oxygen atoms in total. The molecule has 0 N–H and O–H groups in total. The van der Waals surface area contributed by atoms with Crippen LogP contribution < -0.4 is 0 Å². The van der Waals surface area contributed by atoms with Gasteiger partial charge in [-0.2, -0.15) is 0 Å². The Balaban J connectivity index is 2.72. The van der Waals surface area contributed by atoms with E-state index in [1.807, 2.05) is 0 Å². The molecular formula is C12H14F2O3. The van der Waals surface area contributed by atoms with Gasteiger partial charge in [0.25, 0.3) is 0 Å². The quantitative estimate of drug-likeness (QED) is 0.589. The highest BCUT2D eigenvalue weighted by Gasteiger charge is 2.20. The van der Waals surface area contributed by atoms with Crippen molar-refractivity contribution in [2.45, 2.75) is 13.8 Å². The number of rotatable bonds is 5. The third-order valence-electron chi connectivity index (χ3n) is 2.15. The van der Waals surface area contributed by atoms with Gasteiger partial charge < -0.3 is 9.47 Å². The largest absolute Gasteiger partial charge is 0.459 e. The standard InChI is InChI=1S/C12H14F2O3/c1-3-16-6-7-17-12(15)10-9(13)5-4-8(2)11(10)14/h4-5H,3,6-7H2,1-2H3. The summed E-state index contributed by atoms with van der Waals surface area (Å²) in [5, 5.41) is 0. The fourth-order valence-electron chi connectivity index (χ4n) is 1.25. The molecule has 1 rings (SSSR count). The Kier molecular flexibility index (Phi) is 5.03. The summed E-state index contributed by atoms with van der Waals surface area (Å²) in [7, 11) is 0. The van der Waals surface area contributed by atoms with E-state index in [0.29, 0.717) is 6.61 Å². The van der Waals surface area contributed by atoms with Crippen LogP contribution in [0.2, 0.25) is 0 Å². The highest BCUT2D eigenvalue weighted by Crippen LogP contribution is 2.17. The Morgan fingerprint density at radius 2 is 2.00 bits per heavy atom. The third-order valence-corrected chi connectivity index (χ3v) is 2.15. The van der Waals surface area contributed by atoms with Gasteiger partial charge in [0, 0.05) is 6.61 Å². The van der Waals surface area contributed by atoms with Crippen LogP contribution in [0.25, 0.3) is 0 Å². The molecule has 0 amide bonds. The fourth-order valence-corrected chi connectivity index (χ4v) is 1.25. The van der Waals surface area contributed by atoms with Crippen LogP contribution in [0.15, 0.2) is 12.1 Å². The monoisotopic (exact) mass is 244 g/mol. The number of ether oxygens (including phenoxy) is 2. The van der Waals surface area contributed by atoms with Crippen molar-refractivity contribution in [3.8, 4) is 0 Å². The lowest BCUT2D eigenvalue weighted by atomic mass is 10.1. The van der Waals surface area contributed by atoms with E-state index in [-0.39, 0.29) is 18.8 Å². The molecule has 0 aromatic heterocycles. The lowest BCUT2D eigenvalue weighted by Crippen LogP contribution is -2.14. The van der Waals surface area contributed by atoms with Crippen LogP contribution >= 0.6 is 0 Å². The highest BCUT2D eigenvalue weighted by atomic mass is 19.1. The molecule has 0 saturated carbocycles. The average Bonchev–Trinajstić information content (AvgIpc) is 2.30. The van der Waals surface area contributed by atoms with Crippen LogP contribution in [0.1, 0.15) is 22.8 Å². The maximum absolute atomic E-state index is 13.5. The van der Waals surface area contributed by atoms with Gasteiger partial charge in [-0.05, 0) is 25.5 Å². The van der Waals surface area contributed by atoms with E-state index < -0.39 is 23.2 Å². The SMILES string of the molecule is CCOCCOC(=O)c1c(F)ccc(C)c1F. The second-order valence-corrected chi connectivity index (χ2v) is 3.39. The molecular weight excluding hydrogens is 230 g/mol. The van der Waals surface area contributed by atoms with Crippen LogP contribution in [0, 0.1) is 18.6 Å². The van der Waals surface area contributed by atoms with Gasteiger partial charge in [-0.15, -0.1) is 0 Å². The van der Waals surface area contributed by atoms with E-state index in [1.54, 1.807) is 6.92 Å². The van der Waals surface area contributed by atoms with Crippen LogP contribution in [0.5, 0.6) is 0 Å². The van der Waals surface area contributed by atoms with E-state index in [1.165, 1.54) is 13.0 Å². The minimum atomic E-state index is -1.01. The summed E-state index contributed by atoms with van der Waals surface area (Å²) < 4.78 is 36.4. The first kappa shape index (κ1) is 13.6. The summed E-state index contributed by atoms with van der Waals surface area (Å²) in [6.07, 6.45) is 0. The number of hydrogen-bond acceptors (Lipinski definition) is 3. The molecule has 0 fully saturated rings. The summed E-state index contributed by atoms with van der Waals surface area (Å²) in [5.41, 5.74) is -0.454. The summed E-state index contributed by atoms with van der Waals surface area (Å²) >= 11 is 0. The maximum atomic E-state index is 13.5. The molecule has 0 atom stereocenters. The van der Waals surface area contributed by atoms with Gasteiger partial charge in [0.1, 0.15) is 23.8 Å². The molecule has 5 heteroatoms. The van der Waals surface area contributed by atoms with E-state index in [9.17, 15) is 13.6 Å². The third kappa shape index (κ3) is 3.49. The maximum Gasteiger partial charge on any atom is 0.344 e. The van der Waals surface area contributed by atoms with E-state index in [4.69, 9.17) is 9.47 Å². The second kappa shape index (κ2) is 6.30. The Hall–Kier alpha value is -1.49. The highest BCUT2D eigenvalue weighted by molar-refractivity contribution is 5.90. The van der Waals surface area contributed by atoms with Gasteiger partial charge in [-0.3, -0.25) is 0 Å². The molecule has 1 aromatic rings. The van der Waals surface area contributed by atoms with E-state index in [0.717, 1.165) is 6.07 Å². The molecule has 17 heavy (non-hydrogen) atoms. The van der Waals surface area contributed by atoms with Crippen LogP contribution in [0.4, 0.5) is 8.78 Å². The van der Waals surface area contributed by atoms with Crippen molar-refractivity contribution < 1.29 is 23.0 Å². The van der Waals surface area contributed by atoms with Crippen molar-refractivity contribution in [1.82, 2.24) is 0 Å². The molecule has 0 aliphatic heterocycles. The Morgan fingerprint density at radius 1 is 1.29 bits per heavy atom. The molecule has 0 aliphatic rings. The van der Waals surface area contributed by atoms with Crippen LogP contribution in [-0.2, 0) is 9.47 Å². The van der Waals surface area contributed by atoms with Gasteiger partial charge in [-0.1, -0.05) is 6.07 Å². The molecule has 0 unspecified atom stereocenters. The van der Waals surface area contributed by atoms with Gasteiger partial charge in [0.05, 0.1) is 6.61 Å². The van der Waals surface area contributed by atoms with Crippen molar-refractivity contribution in [3.05, 3.63) is 34.9 Å². The zero-order valence-corrected chi connectivity index (χ0v) is 9.76. The molecule has 0 saturated heterocycles. The predicted octanol–water partition coefficient (Wildman–Crippen LogP) is 2.47. The van der Waals surface area contributed by atoms with Gasteiger partial charge in [-0.25, -0.2) is 13.6 Å². The molecule has 94 valence electrons. The minimum Gasteiger partial charge on any atom is -0.459 e. The number of aryl methyl sites for hydroxylation is 1. The van der Waals surface area contributed by atoms with E-state index >= 15 is 0 Å². The van der Waals surface area contributed by atoms with Crippen molar-refractivity contribution >= 4 is 5.97 Å². The average molecular weight is 244 g/mol. The van der Waals surface area contributed by atoms with Crippen molar-refractivity contribution in [2.24, 2.45) is 0 Å². The minimum absolute atomic E-state index is 0.0283. The number of benzene rings is 1. The fraction of sp³-hybridized carbons (Fsp3) is 0.417. The Bertz CT molecular complexity index is 405. The summed E-state index contributed by atoms with van der Waals surface area (Å²) in [4.78, 5) is 11.4. The molecule has 0 radical (unpaired) electrons. The number of carbonyl (C=O) groups excluding carboxylic acids is 1. The smallest absolute Gasteiger partial charge is 0.344 e. The molecule has 0 heterocycles. The van der Waals surface area contributed by atoms with Crippen molar-refractivity contribution in [2.75, 3.05) is 19.8 Å². The summed E-state index contributed by atoms with van der Waals surface area (Å²) in [6.45, 7) is 3.91. The number of halogens is 2.